The van der Waals surface area contributed by atoms with Crippen LogP contribution in [0.2, 0.25) is 0 Å². The molecule has 0 radical (unpaired) electrons. The summed E-state index contributed by atoms with van der Waals surface area (Å²) in [6.07, 6.45) is 7.68. The Balaban J connectivity index is 1.26. The van der Waals surface area contributed by atoms with E-state index in [0.717, 1.165) is 48.2 Å². The van der Waals surface area contributed by atoms with Crippen LogP contribution < -0.4 is 10.1 Å². The van der Waals surface area contributed by atoms with Gasteiger partial charge in [-0.3, -0.25) is 4.79 Å². The number of benzene rings is 1. The van der Waals surface area contributed by atoms with Crippen LogP contribution in [0, 0.1) is 11.8 Å². The monoisotopic (exact) mass is 512 g/mol. The minimum Gasteiger partial charge on any atom is -0.493 e. The molecule has 36 heavy (non-hydrogen) atoms. The summed E-state index contributed by atoms with van der Waals surface area (Å²) in [6.45, 7) is 2.65. The van der Waals surface area contributed by atoms with Gasteiger partial charge in [0.25, 0.3) is 0 Å². The van der Waals surface area contributed by atoms with Gasteiger partial charge in [0, 0.05) is 29.7 Å². The highest BCUT2D eigenvalue weighted by atomic mass is 32.2. The van der Waals surface area contributed by atoms with E-state index < -0.39 is 9.84 Å². The summed E-state index contributed by atoms with van der Waals surface area (Å²) in [5.74, 6) is 2.41. The second kappa shape index (κ2) is 10.5. The molecular formula is C26H32N4O5S. The van der Waals surface area contributed by atoms with Crippen molar-refractivity contribution in [3.05, 3.63) is 42.7 Å². The zero-order chi connectivity index (χ0) is 25.1. The summed E-state index contributed by atoms with van der Waals surface area (Å²) < 4.78 is 36.7. The number of rotatable bonds is 8. The van der Waals surface area contributed by atoms with E-state index >= 15 is 0 Å². The lowest BCUT2D eigenvalue weighted by Crippen LogP contribution is -2.30. The number of nitrogens with one attached hydrogen (secondary N) is 1. The lowest BCUT2D eigenvalue weighted by atomic mass is 9.86. The molecule has 2 aromatic heterocycles. The number of sulfone groups is 1. The van der Waals surface area contributed by atoms with Crippen molar-refractivity contribution >= 4 is 32.7 Å². The van der Waals surface area contributed by atoms with Gasteiger partial charge in [0.15, 0.2) is 9.84 Å². The van der Waals surface area contributed by atoms with Crippen molar-refractivity contribution < 1.29 is 22.7 Å². The standard InChI is InChI=1S/C26H32N4O5S/c1-2-34-25(31)19-6-8-20(9-7-19)28-26-27-13-10-24(29-26)30-14-11-21-22(30)4-3-5-23(21)35-16-18-12-15-36(32,33)17-18/h3-5,10-11,13-14,18-20H,2,6-9,12,15-17H2,1H3,(H,27,28,29). The maximum Gasteiger partial charge on any atom is 0.308 e. The van der Waals surface area contributed by atoms with Gasteiger partial charge in [0.2, 0.25) is 5.95 Å². The topological polar surface area (TPSA) is 112 Å². The highest BCUT2D eigenvalue weighted by Crippen LogP contribution is 2.30. The Hall–Kier alpha value is -3.14. The van der Waals surface area contributed by atoms with E-state index in [-0.39, 0.29) is 35.4 Å². The van der Waals surface area contributed by atoms with Crippen LogP contribution in [0.15, 0.2) is 42.7 Å². The van der Waals surface area contributed by atoms with Crippen molar-refractivity contribution in [1.29, 1.82) is 0 Å². The maximum absolute atomic E-state index is 12.0. The van der Waals surface area contributed by atoms with Gasteiger partial charge in [-0.2, -0.15) is 4.98 Å². The molecule has 3 aromatic rings. The van der Waals surface area contributed by atoms with Crippen molar-refractivity contribution in [2.75, 3.05) is 30.0 Å². The fraction of sp³-hybridized carbons (Fsp3) is 0.500. The molecule has 192 valence electrons. The molecule has 1 aliphatic carbocycles. The maximum atomic E-state index is 12.0. The molecule has 3 heterocycles. The summed E-state index contributed by atoms with van der Waals surface area (Å²) in [6, 6.07) is 9.92. The van der Waals surface area contributed by atoms with Gasteiger partial charge in [-0.1, -0.05) is 6.07 Å². The molecule has 1 aromatic carbocycles. The fourth-order valence-corrected chi connectivity index (χ4v) is 6.99. The van der Waals surface area contributed by atoms with Gasteiger partial charge in [0.05, 0.1) is 36.2 Å². The number of fused-ring (bicyclic) bond motifs is 1. The average Bonchev–Trinajstić information content (AvgIpc) is 3.46. The Morgan fingerprint density at radius 1 is 1.14 bits per heavy atom. The normalized spacial score (nSPS) is 23.4. The molecule has 0 amide bonds. The van der Waals surface area contributed by atoms with Gasteiger partial charge in [0.1, 0.15) is 11.6 Å². The van der Waals surface area contributed by atoms with Gasteiger partial charge in [-0.25, -0.2) is 13.4 Å². The van der Waals surface area contributed by atoms with E-state index in [9.17, 15) is 13.2 Å². The Kier molecular flexibility index (Phi) is 7.13. The van der Waals surface area contributed by atoms with Crippen LogP contribution in [-0.4, -0.2) is 59.7 Å². The molecule has 1 atom stereocenters. The van der Waals surface area contributed by atoms with Crippen LogP contribution in [0.1, 0.15) is 39.0 Å². The number of ether oxygens (including phenoxy) is 2. The third-order valence-electron chi connectivity index (χ3n) is 7.06. The molecular weight excluding hydrogens is 480 g/mol. The molecule has 1 aliphatic heterocycles. The lowest BCUT2D eigenvalue weighted by Gasteiger charge is -2.27. The number of nitrogens with zero attached hydrogens (tertiary/aromatic N) is 3. The average molecular weight is 513 g/mol. The number of carbonyl (C=O) groups excluding carboxylic acids is 1. The summed E-state index contributed by atoms with van der Waals surface area (Å²) in [7, 11) is -2.92. The minimum absolute atomic E-state index is 0.0176. The molecule has 1 saturated heterocycles. The first-order valence-electron chi connectivity index (χ1n) is 12.6. The van der Waals surface area contributed by atoms with E-state index in [2.05, 4.69) is 10.3 Å². The van der Waals surface area contributed by atoms with Crippen molar-refractivity contribution in [1.82, 2.24) is 14.5 Å². The third kappa shape index (κ3) is 5.48. The molecule has 10 heteroatoms. The van der Waals surface area contributed by atoms with Crippen LogP contribution in [-0.2, 0) is 19.4 Å². The Bertz CT molecular complexity index is 1330. The second-order valence-electron chi connectivity index (χ2n) is 9.64. The first-order chi connectivity index (χ1) is 17.4. The molecule has 9 nitrogen and oxygen atoms in total. The van der Waals surface area contributed by atoms with Crippen LogP contribution in [0.25, 0.3) is 16.7 Å². The van der Waals surface area contributed by atoms with E-state index in [1.54, 1.807) is 6.20 Å². The van der Waals surface area contributed by atoms with E-state index in [1.807, 2.05) is 48.0 Å². The number of aromatic nitrogens is 3. The highest BCUT2D eigenvalue weighted by molar-refractivity contribution is 7.91. The predicted molar refractivity (Wildman–Crippen MR) is 137 cm³/mol. The quantitative estimate of drug-likeness (QED) is 0.454. The molecule has 1 unspecified atom stereocenters. The van der Waals surface area contributed by atoms with Crippen molar-refractivity contribution in [3.8, 4) is 11.6 Å². The minimum atomic E-state index is -2.92. The van der Waals surface area contributed by atoms with Gasteiger partial charge in [-0.15, -0.1) is 0 Å². The SMILES string of the molecule is CCOC(=O)C1CCC(Nc2nccc(-n3ccc4c(OCC5CCS(=O)(=O)C5)cccc43)n2)CC1. The largest absolute Gasteiger partial charge is 0.493 e. The van der Waals surface area contributed by atoms with Crippen molar-refractivity contribution in [2.45, 2.75) is 45.1 Å². The summed E-state index contributed by atoms with van der Waals surface area (Å²) in [4.78, 5) is 21.1. The number of hydrogen-bond acceptors (Lipinski definition) is 8. The summed E-state index contributed by atoms with van der Waals surface area (Å²) in [5, 5.41) is 4.38. The first-order valence-corrected chi connectivity index (χ1v) is 14.4. The molecule has 1 saturated carbocycles. The van der Waals surface area contributed by atoms with Crippen LogP contribution >= 0.6 is 0 Å². The number of hydrogen-bond donors (Lipinski definition) is 1. The molecule has 0 spiro atoms. The molecule has 0 bridgehead atoms. The predicted octanol–water partition coefficient (Wildman–Crippen LogP) is 3.77. The van der Waals surface area contributed by atoms with Crippen molar-refractivity contribution in [3.63, 3.8) is 0 Å². The van der Waals surface area contributed by atoms with Crippen LogP contribution in [0.5, 0.6) is 5.75 Å². The Morgan fingerprint density at radius 2 is 1.97 bits per heavy atom. The van der Waals surface area contributed by atoms with Gasteiger partial charge in [-0.05, 0) is 63.3 Å². The van der Waals surface area contributed by atoms with E-state index in [0.29, 0.717) is 25.6 Å². The molecule has 1 N–H and O–H groups in total. The number of carbonyl (C=O) groups is 1. The fourth-order valence-electron chi connectivity index (χ4n) is 5.15. The van der Waals surface area contributed by atoms with Crippen LogP contribution in [0.3, 0.4) is 0 Å². The Morgan fingerprint density at radius 3 is 2.72 bits per heavy atom. The first kappa shape index (κ1) is 24.5. The van der Waals surface area contributed by atoms with E-state index in [4.69, 9.17) is 14.5 Å². The smallest absolute Gasteiger partial charge is 0.308 e. The van der Waals surface area contributed by atoms with E-state index in [1.165, 1.54) is 0 Å². The zero-order valence-electron chi connectivity index (χ0n) is 20.4. The third-order valence-corrected chi connectivity index (χ3v) is 8.90. The van der Waals surface area contributed by atoms with Gasteiger partial charge < -0.3 is 19.4 Å². The number of esters is 1. The molecule has 5 rings (SSSR count). The summed E-state index contributed by atoms with van der Waals surface area (Å²) in [5.41, 5.74) is 0.950. The highest BCUT2D eigenvalue weighted by Gasteiger charge is 2.29. The molecule has 2 fully saturated rings. The van der Waals surface area contributed by atoms with Crippen molar-refractivity contribution in [2.24, 2.45) is 11.8 Å². The summed E-state index contributed by atoms with van der Waals surface area (Å²) >= 11 is 0. The zero-order valence-corrected chi connectivity index (χ0v) is 21.2. The molecule has 2 aliphatic rings. The van der Waals surface area contributed by atoms with Gasteiger partial charge >= 0.3 is 5.97 Å². The Labute approximate surface area is 211 Å². The lowest BCUT2D eigenvalue weighted by molar-refractivity contribution is -0.149. The van der Waals surface area contributed by atoms with Crippen LogP contribution in [0.4, 0.5) is 5.95 Å². The second-order valence-corrected chi connectivity index (χ2v) is 11.9. The number of anilines is 1.